The molecule has 2 fully saturated rings. The minimum absolute atomic E-state index is 0.0179. The van der Waals surface area contributed by atoms with Gasteiger partial charge in [0.1, 0.15) is 6.04 Å². The quantitative estimate of drug-likeness (QED) is 0.802. The van der Waals surface area contributed by atoms with Crippen molar-refractivity contribution in [2.75, 3.05) is 7.05 Å². The van der Waals surface area contributed by atoms with Crippen molar-refractivity contribution in [2.45, 2.75) is 62.9 Å². The van der Waals surface area contributed by atoms with Crippen LogP contribution in [-0.2, 0) is 14.4 Å². The van der Waals surface area contributed by atoms with E-state index in [9.17, 15) is 14.4 Å². The van der Waals surface area contributed by atoms with E-state index < -0.39 is 17.6 Å². The van der Waals surface area contributed by atoms with Gasteiger partial charge in [0, 0.05) is 13.5 Å². The predicted molar refractivity (Wildman–Crippen MR) is 72.0 cm³/mol. The average Bonchev–Trinajstić information content (AvgIpc) is 2.84. The molecule has 112 valence electrons. The van der Waals surface area contributed by atoms with Crippen molar-refractivity contribution in [3.63, 3.8) is 0 Å². The number of carboxylic acid groups (broad SMARTS) is 1. The molecule has 1 saturated heterocycles. The molecule has 1 aliphatic carbocycles. The Labute approximate surface area is 118 Å². The summed E-state index contributed by atoms with van der Waals surface area (Å²) in [4.78, 5) is 36.5. The standard InChI is InChI=1S/C14H22N2O4/c1-16(13(20)10-5-6-11(17)15-10)14(9-12(18)19)7-3-2-4-8-14/h10H,2-9H2,1H3,(H,15,17)(H,18,19). The normalized spacial score (nSPS) is 25.1. The first-order chi connectivity index (χ1) is 9.44. The van der Waals surface area contributed by atoms with E-state index in [0.717, 1.165) is 32.1 Å². The van der Waals surface area contributed by atoms with Crippen molar-refractivity contribution in [3.05, 3.63) is 0 Å². The molecule has 6 heteroatoms. The number of hydrogen-bond donors (Lipinski definition) is 2. The molecular weight excluding hydrogens is 260 g/mol. The van der Waals surface area contributed by atoms with Crippen molar-refractivity contribution in [1.82, 2.24) is 10.2 Å². The highest BCUT2D eigenvalue weighted by Gasteiger charge is 2.43. The van der Waals surface area contributed by atoms with Gasteiger partial charge in [-0.25, -0.2) is 0 Å². The SMILES string of the molecule is CN(C(=O)C1CCC(=O)N1)C1(CC(=O)O)CCCCC1. The first kappa shape index (κ1) is 14.8. The van der Waals surface area contributed by atoms with Gasteiger partial charge in [0.2, 0.25) is 11.8 Å². The molecule has 0 aromatic carbocycles. The van der Waals surface area contributed by atoms with Crippen molar-refractivity contribution in [2.24, 2.45) is 0 Å². The summed E-state index contributed by atoms with van der Waals surface area (Å²) >= 11 is 0. The Balaban J connectivity index is 2.13. The fourth-order valence-electron chi connectivity index (χ4n) is 3.39. The molecule has 20 heavy (non-hydrogen) atoms. The molecule has 2 N–H and O–H groups in total. The van der Waals surface area contributed by atoms with E-state index in [2.05, 4.69) is 5.32 Å². The van der Waals surface area contributed by atoms with Crippen LogP contribution in [0.15, 0.2) is 0 Å². The van der Waals surface area contributed by atoms with Gasteiger partial charge >= 0.3 is 5.97 Å². The van der Waals surface area contributed by atoms with Gasteiger partial charge in [-0.1, -0.05) is 19.3 Å². The van der Waals surface area contributed by atoms with Crippen molar-refractivity contribution < 1.29 is 19.5 Å². The van der Waals surface area contributed by atoms with E-state index in [1.54, 1.807) is 11.9 Å². The Morgan fingerprint density at radius 1 is 1.35 bits per heavy atom. The van der Waals surface area contributed by atoms with Crippen LogP contribution in [0.4, 0.5) is 0 Å². The largest absolute Gasteiger partial charge is 0.481 e. The number of hydrogen-bond acceptors (Lipinski definition) is 3. The van der Waals surface area contributed by atoms with E-state index in [-0.39, 0.29) is 18.2 Å². The lowest BCUT2D eigenvalue weighted by Gasteiger charge is -2.44. The Morgan fingerprint density at radius 2 is 2.00 bits per heavy atom. The molecule has 0 aromatic rings. The van der Waals surface area contributed by atoms with Crippen LogP contribution in [0.2, 0.25) is 0 Å². The lowest BCUT2D eigenvalue weighted by atomic mass is 9.77. The van der Waals surface area contributed by atoms with Crippen LogP contribution >= 0.6 is 0 Å². The molecule has 1 atom stereocenters. The zero-order valence-corrected chi connectivity index (χ0v) is 11.9. The van der Waals surface area contributed by atoms with Crippen LogP contribution in [0.1, 0.15) is 51.4 Å². The molecule has 0 aromatic heterocycles. The van der Waals surface area contributed by atoms with Crippen LogP contribution in [0.25, 0.3) is 0 Å². The molecule has 0 bridgehead atoms. The Bertz CT molecular complexity index is 415. The highest BCUT2D eigenvalue weighted by molar-refractivity contribution is 5.91. The van der Waals surface area contributed by atoms with Crippen LogP contribution in [0.5, 0.6) is 0 Å². The maximum absolute atomic E-state index is 12.5. The van der Waals surface area contributed by atoms with E-state index >= 15 is 0 Å². The van der Waals surface area contributed by atoms with E-state index in [1.807, 2.05) is 0 Å². The van der Waals surface area contributed by atoms with Gasteiger partial charge in [-0.2, -0.15) is 0 Å². The van der Waals surface area contributed by atoms with Gasteiger partial charge in [-0.05, 0) is 19.3 Å². The molecule has 1 unspecified atom stereocenters. The summed E-state index contributed by atoms with van der Waals surface area (Å²) in [6, 6.07) is -0.486. The first-order valence-electron chi connectivity index (χ1n) is 7.23. The first-order valence-corrected chi connectivity index (χ1v) is 7.23. The van der Waals surface area contributed by atoms with Gasteiger partial charge in [0.15, 0.2) is 0 Å². The Kier molecular flexibility index (Phi) is 4.30. The smallest absolute Gasteiger partial charge is 0.305 e. The second-order valence-corrected chi connectivity index (χ2v) is 5.91. The molecule has 1 saturated carbocycles. The topological polar surface area (TPSA) is 86.7 Å². The van der Waals surface area contributed by atoms with Crippen LogP contribution in [0, 0.1) is 0 Å². The van der Waals surface area contributed by atoms with Gasteiger partial charge in [-0.15, -0.1) is 0 Å². The number of aliphatic carboxylic acids is 1. The second kappa shape index (κ2) is 5.81. The van der Waals surface area contributed by atoms with Gasteiger partial charge in [0.25, 0.3) is 0 Å². The summed E-state index contributed by atoms with van der Waals surface area (Å²) in [6.45, 7) is 0. The molecule has 6 nitrogen and oxygen atoms in total. The van der Waals surface area contributed by atoms with Crippen LogP contribution < -0.4 is 5.32 Å². The lowest BCUT2D eigenvalue weighted by Crippen LogP contribution is -2.56. The number of carboxylic acids is 1. The maximum atomic E-state index is 12.5. The summed E-state index contributed by atoms with van der Waals surface area (Å²) in [5.41, 5.74) is -0.589. The third kappa shape index (κ3) is 2.94. The summed E-state index contributed by atoms with van der Waals surface area (Å²) in [6.07, 6.45) is 5.29. The average molecular weight is 282 g/mol. The highest BCUT2D eigenvalue weighted by atomic mass is 16.4. The monoisotopic (exact) mass is 282 g/mol. The number of amides is 2. The number of carbonyl (C=O) groups excluding carboxylic acids is 2. The third-order valence-electron chi connectivity index (χ3n) is 4.60. The van der Waals surface area contributed by atoms with Crippen molar-refractivity contribution in [1.29, 1.82) is 0 Å². The van der Waals surface area contributed by atoms with Gasteiger partial charge < -0.3 is 15.3 Å². The molecular formula is C14H22N2O4. The number of likely N-dealkylation sites (N-methyl/N-ethyl adjacent to an activating group) is 1. The fourth-order valence-corrected chi connectivity index (χ4v) is 3.39. The minimum atomic E-state index is -0.873. The molecule has 2 rings (SSSR count). The minimum Gasteiger partial charge on any atom is -0.481 e. The van der Waals surface area contributed by atoms with E-state index in [0.29, 0.717) is 12.8 Å². The fraction of sp³-hybridized carbons (Fsp3) is 0.786. The number of rotatable bonds is 4. The van der Waals surface area contributed by atoms with Crippen molar-refractivity contribution in [3.8, 4) is 0 Å². The number of carbonyl (C=O) groups is 3. The van der Waals surface area contributed by atoms with Gasteiger partial charge in [0.05, 0.1) is 12.0 Å². The number of nitrogens with one attached hydrogen (secondary N) is 1. The summed E-state index contributed by atoms with van der Waals surface area (Å²) in [5, 5.41) is 11.8. The zero-order chi connectivity index (χ0) is 14.8. The van der Waals surface area contributed by atoms with Crippen LogP contribution in [0.3, 0.4) is 0 Å². The lowest BCUT2D eigenvalue weighted by molar-refractivity contribution is -0.147. The molecule has 1 aliphatic heterocycles. The molecule has 1 heterocycles. The molecule has 2 aliphatic rings. The Morgan fingerprint density at radius 3 is 2.50 bits per heavy atom. The zero-order valence-electron chi connectivity index (χ0n) is 11.9. The predicted octanol–water partition coefficient (Wildman–Crippen LogP) is 0.901. The highest BCUT2D eigenvalue weighted by Crippen LogP contribution is 2.36. The molecule has 0 spiro atoms. The maximum Gasteiger partial charge on any atom is 0.305 e. The van der Waals surface area contributed by atoms with E-state index in [4.69, 9.17) is 5.11 Å². The second-order valence-electron chi connectivity index (χ2n) is 5.91. The summed E-state index contributed by atoms with van der Waals surface area (Å²) in [7, 11) is 1.68. The third-order valence-corrected chi connectivity index (χ3v) is 4.60. The van der Waals surface area contributed by atoms with Crippen LogP contribution in [-0.4, -0.2) is 46.4 Å². The van der Waals surface area contributed by atoms with Crippen molar-refractivity contribution >= 4 is 17.8 Å². The Hall–Kier alpha value is -1.59. The number of nitrogens with zero attached hydrogens (tertiary/aromatic N) is 1. The van der Waals surface area contributed by atoms with E-state index in [1.165, 1.54) is 0 Å². The summed E-state index contributed by atoms with van der Waals surface area (Å²) in [5.74, 6) is -1.13. The summed E-state index contributed by atoms with van der Waals surface area (Å²) < 4.78 is 0. The molecule has 2 amide bonds. The van der Waals surface area contributed by atoms with Gasteiger partial charge in [-0.3, -0.25) is 14.4 Å². The molecule has 0 radical (unpaired) electrons.